The average Bonchev–Trinajstić information content (AvgIpc) is 3.25. The Morgan fingerprint density at radius 2 is 1.70 bits per heavy atom. The number of pyridine rings is 1. The van der Waals surface area contributed by atoms with Gasteiger partial charge in [-0.2, -0.15) is 18.3 Å². The van der Waals surface area contributed by atoms with Gasteiger partial charge in [-0.1, -0.05) is 48.5 Å². The highest BCUT2D eigenvalue weighted by Crippen LogP contribution is 2.28. The SMILES string of the molecule is C[C@@H](NC(=O)c1cn(-c2ccccc2F)nc1-c1ccccc1)c1ccc(C(F)(F)F)nc1. The number of halogens is 4. The molecule has 0 spiro atoms. The number of hydrogen-bond donors (Lipinski definition) is 1. The lowest BCUT2D eigenvalue weighted by atomic mass is 10.1. The normalized spacial score (nSPS) is 12.4. The van der Waals surface area contributed by atoms with Crippen molar-refractivity contribution in [3.8, 4) is 16.9 Å². The standard InChI is InChI=1S/C24H18F4N4O/c1-15(17-11-12-21(29-13-17)24(26,27)28)30-23(33)18-14-32(20-10-6-5-9-19(20)25)31-22(18)16-7-3-2-4-8-16/h2-15H,1H3,(H,30,33)/t15-/m1/s1. The van der Waals surface area contributed by atoms with E-state index in [1.165, 1.54) is 29.1 Å². The van der Waals surface area contributed by atoms with Gasteiger partial charge in [0, 0.05) is 18.0 Å². The van der Waals surface area contributed by atoms with Crippen molar-refractivity contribution in [2.75, 3.05) is 0 Å². The van der Waals surface area contributed by atoms with Crippen molar-refractivity contribution in [3.63, 3.8) is 0 Å². The first-order valence-corrected chi connectivity index (χ1v) is 9.98. The number of carbonyl (C=O) groups is 1. The predicted molar refractivity (Wildman–Crippen MR) is 114 cm³/mol. The molecule has 0 aliphatic heterocycles. The van der Waals surface area contributed by atoms with Gasteiger partial charge in [-0.3, -0.25) is 9.78 Å². The maximum atomic E-state index is 14.3. The number of benzene rings is 2. The molecule has 0 aliphatic carbocycles. The lowest BCUT2D eigenvalue weighted by Crippen LogP contribution is -2.27. The molecular formula is C24H18F4N4O. The second-order valence-corrected chi connectivity index (χ2v) is 7.32. The molecule has 1 N–H and O–H groups in total. The highest BCUT2D eigenvalue weighted by molar-refractivity contribution is 6.00. The van der Waals surface area contributed by atoms with Crippen LogP contribution in [-0.4, -0.2) is 20.7 Å². The van der Waals surface area contributed by atoms with E-state index in [-0.39, 0.29) is 11.3 Å². The summed E-state index contributed by atoms with van der Waals surface area (Å²) in [6, 6.07) is 16.5. The molecule has 0 bridgehead atoms. The molecule has 0 aliphatic rings. The first kappa shape index (κ1) is 22.2. The molecule has 0 radical (unpaired) electrons. The van der Waals surface area contributed by atoms with Crippen molar-refractivity contribution in [2.24, 2.45) is 0 Å². The molecule has 4 aromatic rings. The Labute approximate surface area is 186 Å². The first-order chi connectivity index (χ1) is 15.7. The Hall–Kier alpha value is -4.01. The Morgan fingerprint density at radius 1 is 1.00 bits per heavy atom. The fourth-order valence-electron chi connectivity index (χ4n) is 3.30. The third-order valence-corrected chi connectivity index (χ3v) is 5.03. The van der Waals surface area contributed by atoms with E-state index in [9.17, 15) is 22.4 Å². The van der Waals surface area contributed by atoms with Gasteiger partial charge in [0.15, 0.2) is 0 Å². The number of nitrogens with zero attached hydrogens (tertiary/aromatic N) is 3. The molecule has 9 heteroatoms. The molecule has 0 saturated heterocycles. The van der Waals surface area contributed by atoms with E-state index in [0.717, 1.165) is 12.3 Å². The summed E-state index contributed by atoms with van der Waals surface area (Å²) in [5, 5.41) is 7.18. The number of carbonyl (C=O) groups excluding carboxylic acids is 1. The number of para-hydroxylation sites is 1. The number of aromatic nitrogens is 3. The number of rotatable bonds is 5. The first-order valence-electron chi connectivity index (χ1n) is 9.98. The minimum absolute atomic E-state index is 0.175. The second-order valence-electron chi connectivity index (χ2n) is 7.32. The molecule has 1 atom stereocenters. The van der Waals surface area contributed by atoms with Crippen molar-refractivity contribution in [2.45, 2.75) is 19.1 Å². The number of hydrogen-bond acceptors (Lipinski definition) is 3. The van der Waals surface area contributed by atoms with E-state index in [4.69, 9.17) is 0 Å². The second kappa shape index (κ2) is 8.85. The summed E-state index contributed by atoms with van der Waals surface area (Å²) >= 11 is 0. The van der Waals surface area contributed by atoms with Crippen LogP contribution in [-0.2, 0) is 6.18 Å². The zero-order chi connectivity index (χ0) is 23.6. The Morgan fingerprint density at radius 3 is 2.33 bits per heavy atom. The van der Waals surface area contributed by atoms with E-state index in [1.807, 2.05) is 6.07 Å². The van der Waals surface area contributed by atoms with E-state index >= 15 is 0 Å². The van der Waals surface area contributed by atoms with Crippen molar-refractivity contribution < 1.29 is 22.4 Å². The predicted octanol–water partition coefficient (Wildman–Crippen LogP) is 5.58. The van der Waals surface area contributed by atoms with Gasteiger partial charge in [-0.15, -0.1) is 0 Å². The van der Waals surface area contributed by atoms with Gasteiger partial charge >= 0.3 is 6.18 Å². The molecule has 0 saturated carbocycles. The zero-order valence-electron chi connectivity index (χ0n) is 17.3. The van der Waals surface area contributed by atoms with Crippen LogP contribution in [0, 0.1) is 5.82 Å². The van der Waals surface area contributed by atoms with Crippen LogP contribution in [0.2, 0.25) is 0 Å². The molecule has 0 unspecified atom stereocenters. The number of alkyl halides is 3. The largest absolute Gasteiger partial charge is 0.433 e. The molecule has 2 aromatic heterocycles. The Bertz CT molecular complexity index is 1270. The van der Waals surface area contributed by atoms with Gasteiger partial charge in [0.2, 0.25) is 0 Å². The molecule has 0 fully saturated rings. The summed E-state index contributed by atoms with van der Waals surface area (Å²) in [5.41, 5.74) is 0.752. The Balaban J connectivity index is 1.66. The minimum Gasteiger partial charge on any atom is -0.345 e. The summed E-state index contributed by atoms with van der Waals surface area (Å²) in [4.78, 5) is 16.6. The summed E-state index contributed by atoms with van der Waals surface area (Å²) in [7, 11) is 0. The molecule has 2 aromatic carbocycles. The van der Waals surface area contributed by atoms with Gasteiger partial charge in [0.1, 0.15) is 22.9 Å². The van der Waals surface area contributed by atoms with Gasteiger partial charge in [-0.25, -0.2) is 9.07 Å². The van der Waals surface area contributed by atoms with Crippen LogP contribution < -0.4 is 5.32 Å². The fourth-order valence-corrected chi connectivity index (χ4v) is 3.30. The fraction of sp³-hybridized carbons (Fsp3) is 0.125. The molecule has 2 heterocycles. The summed E-state index contributed by atoms with van der Waals surface area (Å²) in [6.07, 6.45) is -2.04. The van der Waals surface area contributed by atoms with E-state index in [1.54, 1.807) is 43.3 Å². The zero-order valence-corrected chi connectivity index (χ0v) is 17.3. The van der Waals surface area contributed by atoms with Crippen LogP contribution in [0.1, 0.15) is 34.6 Å². The summed E-state index contributed by atoms with van der Waals surface area (Å²) < 4.78 is 53.9. The molecule has 168 valence electrons. The van der Waals surface area contributed by atoms with Crippen molar-refractivity contribution in [1.29, 1.82) is 0 Å². The number of nitrogens with one attached hydrogen (secondary N) is 1. The molecular weight excluding hydrogens is 436 g/mol. The molecule has 33 heavy (non-hydrogen) atoms. The summed E-state index contributed by atoms with van der Waals surface area (Å²) in [6.45, 7) is 1.63. The quantitative estimate of drug-likeness (QED) is 0.401. The maximum Gasteiger partial charge on any atom is 0.433 e. The van der Waals surface area contributed by atoms with E-state index in [0.29, 0.717) is 16.8 Å². The van der Waals surface area contributed by atoms with Crippen LogP contribution in [0.5, 0.6) is 0 Å². The van der Waals surface area contributed by atoms with Gasteiger partial charge in [0.05, 0.1) is 11.6 Å². The molecule has 5 nitrogen and oxygen atoms in total. The van der Waals surface area contributed by atoms with Crippen molar-refractivity contribution >= 4 is 5.91 Å². The number of amides is 1. The van der Waals surface area contributed by atoms with Crippen LogP contribution in [0.25, 0.3) is 16.9 Å². The minimum atomic E-state index is -4.54. The van der Waals surface area contributed by atoms with Crippen molar-refractivity contribution in [1.82, 2.24) is 20.1 Å². The summed E-state index contributed by atoms with van der Waals surface area (Å²) in [5.74, 6) is -1.01. The highest BCUT2D eigenvalue weighted by Gasteiger charge is 2.32. The molecule has 4 rings (SSSR count). The third-order valence-electron chi connectivity index (χ3n) is 5.03. The monoisotopic (exact) mass is 454 g/mol. The topological polar surface area (TPSA) is 59.8 Å². The third kappa shape index (κ3) is 4.77. The highest BCUT2D eigenvalue weighted by atomic mass is 19.4. The van der Waals surface area contributed by atoms with E-state index < -0.39 is 29.6 Å². The Kier molecular flexibility index (Phi) is 5.95. The maximum absolute atomic E-state index is 14.3. The lowest BCUT2D eigenvalue weighted by molar-refractivity contribution is -0.141. The van der Waals surface area contributed by atoms with Gasteiger partial charge < -0.3 is 5.32 Å². The van der Waals surface area contributed by atoms with Crippen LogP contribution in [0.4, 0.5) is 17.6 Å². The van der Waals surface area contributed by atoms with Crippen molar-refractivity contribution in [3.05, 3.63) is 102 Å². The van der Waals surface area contributed by atoms with Gasteiger partial charge in [0.25, 0.3) is 5.91 Å². The van der Waals surface area contributed by atoms with Crippen LogP contribution in [0.15, 0.2) is 79.1 Å². The lowest BCUT2D eigenvalue weighted by Gasteiger charge is -2.15. The van der Waals surface area contributed by atoms with Crippen LogP contribution >= 0.6 is 0 Å². The van der Waals surface area contributed by atoms with Crippen LogP contribution in [0.3, 0.4) is 0 Å². The smallest absolute Gasteiger partial charge is 0.345 e. The van der Waals surface area contributed by atoms with E-state index in [2.05, 4.69) is 15.4 Å². The molecule has 1 amide bonds. The van der Waals surface area contributed by atoms with Gasteiger partial charge in [-0.05, 0) is 30.7 Å². The average molecular weight is 454 g/mol.